The first kappa shape index (κ1) is 21.6. The van der Waals surface area contributed by atoms with Crippen LogP contribution in [0.3, 0.4) is 0 Å². The zero-order chi connectivity index (χ0) is 22.6. The zero-order valence-electron chi connectivity index (χ0n) is 19.3. The Bertz CT molecular complexity index is 1280. The van der Waals surface area contributed by atoms with E-state index in [1.54, 1.807) is 4.68 Å². The van der Waals surface area contributed by atoms with Crippen molar-refractivity contribution in [2.45, 2.75) is 45.2 Å². The van der Waals surface area contributed by atoms with Crippen LogP contribution in [0.4, 0.5) is 0 Å². The molecule has 1 atom stereocenters. The Hall–Kier alpha value is -3.24. The zero-order valence-corrected chi connectivity index (χ0v) is 19.3. The second kappa shape index (κ2) is 9.72. The van der Waals surface area contributed by atoms with Crippen LogP contribution < -0.4 is 5.56 Å². The number of fused-ring (bicyclic) bond motifs is 1. The molecule has 0 saturated carbocycles. The molecule has 4 heteroatoms. The fraction of sp³-hybridized carbons (Fsp3) is 0.310. The van der Waals surface area contributed by atoms with Gasteiger partial charge in [-0.1, -0.05) is 78.4 Å². The van der Waals surface area contributed by atoms with Crippen LogP contribution in [-0.4, -0.2) is 27.8 Å². The van der Waals surface area contributed by atoms with Crippen LogP contribution in [-0.2, 0) is 13.0 Å². The maximum Gasteiger partial charge on any atom is 0.274 e. The number of likely N-dealkylation sites (tertiary alicyclic amines) is 1. The number of aryl methyl sites for hydroxylation is 1. The molecule has 0 bridgehead atoms. The molecule has 4 aromatic rings. The van der Waals surface area contributed by atoms with E-state index in [-0.39, 0.29) is 11.6 Å². The molecule has 1 aliphatic heterocycles. The molecule has 5 rings (SSSR count). The molecular weight excluding hydrogens is 406 g/mol. The molecule has 4 nitrogen and oxygen atoms in total. The lowest BCUT2D eigenvalue weighted by Gasteiger charge is -2.21. The number of aromatic nitrogens is 2. The summed E-state index contributed by atoms with van der Waals surface area (Å²) in [4.78, 5) is 16.0. The Morgan fingerprint density at radius 3 is 2.33 bits per heavy atom. The molecule has 1 aliphatic rings. The molecule has 0 aliphatic carbocycles. The van der Waals surface area contributed by atoms with E-state index in [4.69, 9.17) is 5.10 Å². The highest BCUT2D eigenvalue weighted by atomic mass is 16.1. The van der Waals surface area contributed by atoms with E-state index in [1.165, 1.54) is 16.7 Å². The molecule has 0 amide bonds. The highest BCUT2D eigenvalue weighted by Gasteiger charge is 2.22. The molecule has 33 heavy (non-hydrogen) atoms. The molecule has 3 aromatic carbocycles. The van der Waals surface area contributed by atoms with Gasteiger partial charge in [0.05, 0.1) is 17.1 Å². The Morgan fingerprint density at radius 1 is 0.818 bits per heavy atom. The average molecular weight is 438 g/mol. The van der Waals surface area contributed by atoms with Gasteiger partial charge < -0.3 is 0 Å². The standard InChI is InChI=1S/C29H31N3O/c1-22-13-15-23(16-14-22)20-28-26-11-5-6-12-27(26)29(33)32(30-28)25-10-7-18-31(19-17-25)21-24-8-3-2-4-9-24/h2-6,8-9,11-16,25H,7,10,17-21H2,1H3. The molecule has 2 heterocycles. The molecule has 1 aromatic heterocycles. The van der Waals surface area contributed by atoms with E-state index in [9.17, 15) is 4.79 Å². The lowest BCUT2D eigenvalue weighted by Crippen LogP contribution is -2.30. The van der Waals surface area contributed by atoms with Gasteiger partial charge in [-0.25, -0.2) is 4.68 Å². The Morgan fingerprint density at radius 2 is 1.55 bits per heavy atom. The monoisotopic (exact) mass is 437 g/mol. The minimum Gasteiger partial charge on any atom is -0.299 e. The van der Waals surface area contributed by atoms with E-state index in [0.717, 1.165) is 61.8 Å². The molecule has 1 unspecified atom stereocenters. The van der Waals surface area contributed by atoms with Gasteiger partial charge in [-0.15, -0.1) is 0 Å². The highest BCUT2D eigenvalue weighted by molar-refractivity contribution is 5.83. The van der Waals surface area contributed by atoms with Gasteiger partial charge in [0.15, 0.2) is 0 Å². The second-order valence-electron chi connectivity index (χ2n) is 9.25. The third-order valence-electron chi connectivity index (χ3n) is 6.78. The van der Waals surface area contributed by atoms with Gasteiger partial charge in [-0.2, -0.15) is 5.10 Å². The molecule has 168 valence electrons. The fourth-order valence-corrected chi connectivity index (χ4v) is 4.93. The summed E-state index contributed by atoms with van der Waals surface area (Å²) in [5.41, 5.74) is 4.84. The first-order valence-electron chi connectivity index (χ1n) is 12.0. The summed E-state index contributed by atoms with van der Waals surface area (Å²) in [7, 11) is 0. The molecule has 0 N–H and O–H groups in total. The molecule has 0 spiro atoms. The highest BCUT2D eigenvalue weighted by Crippen LogP contribution is 2.24. The van der Waals surface area contributed by atoms with Crippen molar-refractivity contribution in [3.05, 3.63) is 112 Å². The summed E-state index contributed by atoms with van der Waals surface area (Å²) in [5.74, 6) is 0. The van der Waals surface area contributed by atoms with Gasteiger partial charge >= 0.3 is 0 Å². The van der Waals surface area contributed by atoms with Crippen molar-refractivity contribution in [3.8, 4) is 0 Å². The normalized spacial score (nSPS) is 17.2. The van der Waals surface area contributed by atoms with Crippen molar-refractivity contribution < 1.29 is 0 Å². The van der Waals surface area contributed by atoms with Crippen LogP contribution in [0.2, 0.25) is 0 Å². The van der Waals surface area contributed by atoms with Crippen molar-refractivity contribution >= 4 is 10.8 Å². The van der Waals surface area contributed by atoms with Crippen molar-refractivity contribution in [1.29, 1.82) is 0 Å². The van der Waals surface area contributed by atoms with Crippen LogP contribution in [0.5, 0.6) is 0 Å². The van der Waals surface area contributed by atoms with Crippen LogP contribution in [0.25, 0.3) is 10.8 Å². The molecule has 0 radical (unpaired) electrons. The van der Waals surface area contributed by atoms with E-state index in [2.05, 4.69) is 66.4 Å². The summed E-state index contributed by atoms with van der Waals surface area (Å²) in [6, 6.07) is 27.3. The number of hydrogen-bond donors (Lipinski definition) is 0. The van der Waals surface area contributed by atoms with E-state index in [1.807, 2.05) is 24.3 Å². The van der Waals surface area contributed by atoms with Gasteiger partial charge in [-0.3, -0.25) is 9.69 Å². The van der Waals surface area contributed by atoms with E-state index in [0.29, 0.717) is 0 Å². The number of rotatable bonds is 5. The maximum absolute atomic E-state index is 13.4. The van der Waals surface area contributed by atoms with Crippen LogP contribution in [0.1, 0.15) is 47.7 Å². The first-order valence-corrected chi connectivity index (χ1v) is 12.0. The largest absolute Gasteiger partial charge is 0.299 e. The Labute approximate surface area is 195 Å². The van der Waals surface area contributed by atoms with Gasteiger partial charge in [-0.05, 0) is 49.9 Å². The summed E-state index contributed by atoms with van der Waals surface area (Å²) in [6.07, 6.45) is 3.74. The second-order valence-corrected chi connectivity index (χ2v) is 9.25. The Kier molecular flexibility index (Phi) is 6.36. The topological polar surface area (TPSA) is 38.1 Å². The van der Waals surface area contributed by atoms with E-state index >= 15 is 0 Å². The summed E-state index contributed by atoms with van der Waals surface area (Å²) in [5, 5.41) is 6.73. The SMILES string of the molecule is Cc1ccc(Cc2nn(C3CCCN(Cc4ccccc4)CC3)c(=O)c3ccccc23)cc1. The number of hydrogen-bond acceptors (Lipinski definition) is 3. The van der Waals surface area contributed by atoms with Crippen molar-refractivity contribution in [2.75, 3.05) is 13.1 Å². The predicted octanol–water partition coefficient (Wildman–Crippen LogP) is 5.52. The lowest BCUT2D eigenvalue weighted by atomic mass is 10.0. The van der Waals surface area contributed by atoms with Gasteiger partial charge in [0, 0.05) is 24.9 Å². The average Bonchev–Trinajstić information content (AvgIpc) is 3.08. The molecule has 1 saturated heterocycles. The minimum absolute atomic E-state index is 0.0414. The smallest absolute Gasteiger partial charge is 0.274 e. The van der Waals surface area contributed by atoms with Crippen molar-refractivity contribution in [3.63, 3.8) is 0 Å². The van der Waals surface area contributed by atoms with Crippen molar-refractivity contribution in [2.24, 2.45) is 0 Å². The summed E-state index contributed by atoms with van der Waals surface area (Å²) in [6.45, 7) is 5.11. The minimum atomic E-state index is 0.0414. The predicted molar refractivity (Wildman–Crippen MR) is 135 cm³/mol. The van der Waals surface area contributed by atoms with E-state index < -0.39 is 0 Å². The maximum atomic E-state index is 13.4. The fourth-order valence-electron chi connectivity index (χ4n) is 4.93. The van der Waals surface area contributed by atoms with Crippen LogP contribution in [0, 0.1) is 6.92 Å². The van der Waals surface area contributed by atoms with Crippen LogP contribution in [0.15, 0.2) is 83.7 Å². The summed E-state index contributed by atoms with van der Waals surface area (Å²) >= 11 is 0. The third-order valence-corrected chi connectivity index (χ3v) is 6.78. The number of nitrogens with zero attached hydrogens (tertiary/aromatic N) is 3. The molecular formula is C29H31N3O. The Balaban J connectivity index is 1.43. The summed E-state index contributed by atoms with van der Waals surface area (Å²) < 4.78 is 1.80. The third kappa shape index (κ3) is 4.91. The van der Waals surface area contributed by atoms with Crippen LogP contribution >= 0.6 is 0 Å². The van der Waals surface area contributed by atoms with Gasteiger partial charge in [0.2, 0.25) is 0 Å². The van der Waals surface area contributed by atoms with Gasteiger partial charge in [0.1, 0.15) is 0 Å². The quantitative estimate of drug-likeness (QED) is 0.412. The van der Waals surface area contributed by atoms with Crippen molar-refractivity contribution in [1.82, 2.24) is 14.7 Å². The lowest BCUT2D eigenvalue weighted by molar-refractivity contribution is 0.270. The molecule has 1 fully saturated rings. The first-order chi connectivity index (χ1) is 16.2. The van der Waals surface area contributed by atoms with Gasteiger partial charge in [0.25, 0.3) is 5.56 Å². The number of benzene rings is 3.